The summed E-state index contributed by atoms with van der Waals surface area (Å²) in [6.07, 6.45) is 5.65. The second-order valence-corrected chi connectivity index (χ2v) is 7.50. The van der Waals surface area contributed by atoms with Gasteiger partial charge >= 0.3 is 0 Å². The summed E-state index contributed by atoms with van der Waals surface area (Å²) < 4.78 is 7.12. The smallest absolute Gasteiger partial charge is 0.213 e. The number of hydrogen-bond donors (Lipinski definition) is 4. The number of aliphatic hydroxyl groups excluding tert-OH is 1. The highest BCUT2D eigenvalue weighted by Crippen LogP contribution is 2.25. The van der Waals surface area contributed by atoms with Crippen molar-refractivity contribution in [2.45, 2.75) is 38.8 Å². The summed E-state index contributed by atoms with van der Waals surface area (Å²) in [5, 5.41) is 24.6. The van der Waals surface area contributed by atoms with E-state index in [4.69, 9.17) is 9.40 Å². The molecule has 1 aliphatic heterocycles. The number of fused-ring (bicyclic) bond motifs is 1. The van der Waals surface area contributed by atoms with Crippen LogP contribution in [0.5, 0.6) is 0 Å². The lowest BCUT2D eigenvalue weighted by atomic mass is 9.95. The van der Waals surface area contributed by atoms with E-state index in [0.29, 0.717) is 31.4 Å². The van der Waals surface area contributed by atoms with Crippen molar-refractivity contribution >= 4 is 17.3 Å². The first kappa shape index (κ1) is 18.7. The molecule has 9 heteroatoms. The van der Waals surface area contributed by atoms with E-state index in [9.17, 15) is 5.11 Å². The number of hydrogen-bond acceptors (Lipinski definition) is 8. The van der Waals surface area contributed by atoms with Gasteiger partial charge in [-0.2, -0.15) is 9.61 Å². The molecule has 3 aromatic rings. The monoisotopic (exact) mass is 385 g/mol. The first-order valence-corrected chi connectivity index (χ1v) is 9.75. The van der Waals surface area contributed by atoms with E-state index >= 15 is 0 Å². The van der Waals surface area contributed by atoms with Gasteiger partial charge in [-0.1, -0.05) is 13.8 Å². The average Bonchev–Trinajstić information content (AvgIpc) is 3.35. The van der Waals surface area contributed by atoms with Gasteiger partial charge in [-0.3, -0.25) is 0 Å². The van der Waals surface area contributed by atoms with Crippen LogP contribution < -0.4 is 16.0 Å². The van der Waals surface area contributed by atoms with Gasteiger partial charge in [-0.15, -0.1) is 0 Å². The van der Waals surface area contributed by atoms with Crippen molar-refractivity contribution in [3.63, 3.8) is 0 Å². The van der Waals surface area contributed by atoms with E-state index in [-0.39, 0.29) is 12.0 Å². The molecule has 9 nitrogen and oxygen atoms in total. The number of aliphatic hydroxyl groups is 1. The van der Waals surface area contributed by atoms with Crippen molar-refractivity contribution in [1.29, 1.82) is 0 Å². The fourth-order valence-electron chi connectivity index (χ4n) is 3.48. The molecule has 4 heterocycles. The molecule has 1 saturated heterocycles. The van der Waals surface area contributed by atoms with Crippen LogP contribution in [0.4, 0.5) is 11.6 Å². The van der Waals surface area contributed by atoms with E-state index in [2.05, 4.69) is 39.9 Å². The Morgan fingerprint density at radius 3 is 3.04 bits per heavy atom. The minimum absolute atomic E-state index is 0.206. The fraction of sp³-hybridized carbons (Fsp3) is 0.526. The molecule has 3 aromatic heterocycles. The molecule has 1 fully saturated rings. The summed E-state index contributed by atoms with van der Waals surface area (Å²) in [4.78, 5) is 8.93. The Kier molecular flexibility index (Phi) is 5.45. The number of rotatable bonds is 7. The molecule has 150 valence electrons. The lowest BCUT2D eigenvalue weighted by molar-refractivity contribution is 0.0883. The molecule has 4 N–H and O–H groups in total. The Labute approximate surface area is 163 Å². The number of nitrogens with one attached hydrogen (secondary N) is 3. The maximum atomic E-state index is 10.2. The third kappa shape index (κ3) is 3.95. The molecule has 4 rings (SSSR count). The third-order valence-corrected chi connectivity index (χ3v) is 5.16. The van der Waals surface area contributed by atoms with Crippen molar-refractivity contribution in [3.05, 3.63) is 36.2 Å². The van der Waals surface area contributed by atoms with Gasteiger partial charge < -0.3 is 25.5 Å². The van der Waals surface area contributed by atoms with Crippen molar-refractivity contribution in [2.24, 2.45) is 5.92 Å². The van der Waals surface area contributed by atoms with Gasteiger partial charge in [0.1, 0.15) is 17.9 Å². The Balaban J connectivity index is 1.58. The number of anilines is 2. The molecule has 0 radical (unpaired) electrons. The van der Waals surface area contributed by atoms with Gasteiger partial charge in [0, 0.05) is 30.6 Å². The van der Waals surface area contributed by atoms with Crippen LogP contribution >= 0.6 is 0 Å². The Morgan fingerprint density at radius 1 is 1.39 bits per heavy atom. The molecule has 0 saturated carbocycles. The normalized spacial score (nSPS) is 20.0. The summed E-state index contributed by atoms with van der Waals surface area (Å²) in [6, 6.07) is 1.93. The highest BCUT2D eigenvalue weighted by atomic mass is 16.3. The van der Waals surface area contributed by atoms with E-state index in [1.165, 1.54) is 0 Å². The lowest BCUT2D eigenvalue weighted by Gasteiger charge is -2.28. The predicted octanol–water partition coefficient (Wildman–Crippen LogP) is 1.84. The summed E-state index contributed by atoms with van der Waals surface area (Å²) in [5.74, 6) is 2.69. The summed E-state index contributed by atoms with van der Waals surface area (Å²) in [5.41, 5.74) is 1.91. The molecule has 1 aliphatic rings. The van der Waals surface area contributed by atoms with Crippen LogP contribution in [0, 0.1) is 5.92 Å². The number of piperidine rings is 1. The van der Waals surface area contributed by atoms with Crippen molar-refractivity contribution in [1.82, 2.24) is 24.9 Å². The van der Waals surface area contributed by atoms with Crippen LogP contribution in [0.2, 0.25) is 0 Å². The van der Waals surface area contributed by atoms with Gasteiger partial charge in [0.25, 0.3) is 0 Å². The molecule has 1 unspecified atom stereocenters. The van der Waals surface area contributed by atoms with Crippen molar-refractivity contribution < 1.29 is 9.52 Å². The Bertz CT molecular complexity index is 907. The zero-order valence-electron chi connectivity index (χ0n) is 16.2. The molecule has 0 aromatic carbocycles. The maximum Gasteiger partial charge on any atom is 0.213 e. The first-order chi connectivity index (χ1) is 13.6. The van der Waals surface area contributed by atoms with Gasteiger partial charge in [0.15, 0.2) is 5.65 Å². The van der Waals surface area contributed by atoms with E-state index in [1.54, 1.807) is 12.5 Å². The van der Waals surface area contributed by atoms with E-state index in [0.717, 1.165) is 35.8 Å². The number of oxazole rings is 1. The average molecular weight is 385 g/mol. The summed E-state index contributed by atoms with van der Waals surface area (Å²) >= 11 is 0. The molecular weight excluding hydrogens is 358 g/mol. The lowest BCUT2D eigenvalue weighted by Crippen LogP contribution is -2.43. The standard InChI is InChI=1S/C19H27N7O2/c1-12(2)14-9-24-26-17(23-11-18-21-5-6-28-18)7-16(25-19(14)26)22-8-13-3-4-20-10-15(13)27/h5-7,9,12-13,15,20,23,27H,3-4,8,10-11H2,1-2H3,(H,22,25)/t13?,15-/m0/s1. The second-order valence-electron chi connectivity index (χ2n) is 7.50. The van der Waals surface area contributed by atoms with Gasteiger partial charge in [-0.25, -0.2) is 9.97 Å². The van der Waals surface area contributed by atoms with E-state index in [1.807, 2.05) is 16.8 Å². The minimum atomic E-state index is -0.339. The largest absolute Gasteiger partial charge is 0.447 e. The van der Waals surface area contributed by atoms with Crippen LogP contribution in [-0.4, -0.2) is 50.4 Å². The minimum Gasteiger partial charge on any atom is -0.447 e. The summed E-state index contributed by atoms with van der Waals surface area (Å²) in [6.45, 7) is 6.96. The van der Waals surface area contributed by atoms with Gasteiger partial charge in [0.2, 0.25) is 5.89 Å². The highest BCUT2D eigenvalue weighted by molar-refractivity contribution is 5.60. The van der Waals surface area contributed by atoms with E-state index < -0.39 is 0 Å². The zero-order valence-corrected chi connectivity index (χ0v) is 16.2. The Morgan fingerprint density at radius 2 is 2.29 bits per heavy atom. The number of nitrogens with zero attached hydrogens (tertiary/aromatic N) is 4. The zero-order chi connectivity index (χ0) is 19.5. The number of β-amino-alcohol motifs (C(OH)–C–C–N with tert-alkyl or cyclic N) is 1. The van der Waals surface area contributed by atoms with Crippen LogP contribution in [0.1, 0.15) is 37.6 Å². The molecule has 0 spiro atoms. The SMILES string of the molecule is CC(C)c1cnn2c(NCc3ncco3)cc(NCC3CCNC[C@@H]3O)nc12. The predicted molar refractivity (Wildman–Crippen MR) is 106 cm³/mol. The first-order valence-electron chi connectivity index (χ1n) is 9.75. The van der Waals surface area contributed by atoms with Gasteiger partial charge in [-0.05, 0) is 18.9 Å². The molecule has 28 heavy (non-hydrogen) atoms. The highest BCUT2D eigenvalue weighted by Gasteiger charge is 2.23. The van der Waals surface area contributed by atoms with Crippen molar-refractivity contribution in [2.75, 3.05) is 30.3 Å². The van der Waals surface area contributed by atoms with Gasteiger partial charge in [0.05, 0.1) is 25.0 Å². The Hall–Kier alpha value is -2.65. The molecular formula is C19H27N7O2. The van der Waals surface area contributed by atoms with Crippen LogP contribution in [0.3, 0.4) is 0 Å². The quantitative estimate of drug-likeness (QED) is 0.487. The fourth-order valence-corrected chi connectivity index (χ4v) is 3.48. The summed E-state index contributed by atoms with van der Waals surface area (Å²) in [7, 11) is 0. The third-order valence-electron chi connectivity index (χ3n) is 5.16. The molecule has 0 amide bonds. The topological polar surface area (TPSA) is 113 Å². The maximum absolute atomic E-state index is 10.2. The second kappa shape index (κ2) is 8.15. The molecule has 0 bridgehead atoms. The molecule has 0 aliphatic carbocycles. The van der Waals surface area contributed by atoms with Crippen molar-refractivity contribution in [3.8, 4) is 0 Å². The van der Waals surface area contributed by atoms with Crippen LogP contribution in [-0.2, 0) is 6.54 Å². The molecule has 2 atom stereocenters. The van der Waals surface area contributed by atoms with Crippen LogP contribution in [0.25, 0.3) is 5.65 Å². The van der Waals surface area contributed by atoms with Crippen LogP contribution in [0.15, 0.2) is 29.1 Å². The number of aromatic nitrogens is 4.